The first-order valence-electron chi connectivity index (χ1n) is 5.75. The van der Waals surface area contributed by atoms with Gasteiger partial charge in [0.1, 0.15) is 0 Å². The highest BCUT2D eigenvalue weighted by Gasteiger charge is 2.00. The Balaban J connectivity index is 0. The molecule has 0 atom stereocenters. The molecular weight excluding hydrogens is 172 g/mol. The Hall–Kier alpha value is -0.790. The lowest BCUT2D eigenvalue weighted by Gasteiger charge is -1.96. The van der Waals surface area contributed by atoms with Crippen molar-refractivity contribution in [3.8, 4) is 0 Å². The Labute approximate surface area is 89.4 Å². The number of hydrogen-bond acceptors (Lipinski definition) is 1. The molecule has 0 aromatic carbocycles. The van der Waals surface area contributed by atoms with Crippen molar-refractivity contribution in [2.45, 2.75) is 60.9 Å². The fraction of sp³-hybridized carbons (Fsp3) is 0.750. The average molecular weight is 198 g/mol. The van der Waals surface area contributed by atoms with Crippen LogP contribution in [0.25, 0.3) is 0 Å². The minimum atomic E-state index is 0.549. The van der Waals surface area contributed by atoms with E-state index in [-0.39, 0.29) is 0 Å². The Morgan fingerprint density at radius 1 is 1.21 bits per heavy atom. The fourth-order valence-electron chi connectivity index (χ4n) is 0.848. The maximum Gasteiger partial charge on any atom is 0.0949 e. The summed E-state index contributed by atoms with van der Waals surface area (Å²) in [5.74, 6) is 0.549. The molecule has 0 N–H and O–H groups in total. The standard InChI is InChI=1S/C8H14N2.2C2H6/c1-4-10-5-8(7(2)3)9-6-10;2*1-2/h5-7H,4H2,1-3H3;2*1-2H3. The van der Waals surface area contributed by atoms with Crippen molar-refractivity contribution in [2.24, 2.45) is 0 Å². The Morgan fingerprint density at radius 3 is 1.93 bits per heavy atom. The zero-order chi connectivity index (χ0) is 11.6. The summed E-state index contributed by atoms with van der Waals surface area (Å²) in [5, 5.41) is 0. The summed E-state index contributed by atoms with van der Waals surface area (Å²) in [7, 11) is 0. The van der Waals surface area contributed by atoms with Crippen LogP contribution in [0.4, 0.5) is 0 Å². The number of aryl methyl sites for hydroxylation is 1. The largest absolute Gasteiger partial charge is 0.337 e. The van der Waals surface area contributed by atoms with E-state index in [2.05, 4.69) is 36.5 Å². The van der Waals surface area contributed by atoms with Gasteiger partial charge in [-0.05, 0) is 12.8 Å². The zero-order valence-corrected chi connectivity index (χ0v) is 10.8. The van der Waals surface area contributed by atoms with Crippen molar-refractivity contribution in [2.75, 3.05) is 0 Å². The molecule has 1 rings (SSSR count). The third-order valence-corrected chi connectivity index (χ3v) is 1.61. The summed E-state index contributed by atoms with van der Waals surface area (Å²) in [4.78, 5) is 4.25. The molecule has 2 nitrogen and oxygen atoms in total. The monoisotopic (exact) mass is 198 g/mol. The molecule has 1 heterocycles. The van der Waals surface area contributed by atoms with Gasteiger partial charge in [0.2, 0.25) is 0 Å². The molecule has 0 radical (unpaired) electrons. The fourth-order valence-corrected chi connectivity index (χ4v) is 0.848. The van der Waals surface area contributed by atoms with E-state index < -0.39 is 0 Å². The summed E-state index contributed by atoms with van der Waals surface area (Å²) >= 11 is 0. The lowest BCUT2D eigenvalue weighted by Crippen LogP contribution is -1.88. The molecule has 0 saturated carbocycles. The number of aromatic nitrogens is 2. The van der Waals surface area contributed by atoms with Crippen LogP contribution >= 0.6 is 0 Å². The lowest BCUT2D eigenvalue weighted by atomic mass is 10.2. The lowest BCUT2D eigenvalue weighted by molar-refractivity contribution is 0.757. The molecule has 0 unspecified atom stereocenters. The van der Waals surface area contributed by atoms with Gasteiger partial charge < -0.3 is 4.57 Å². The van der Waals surface area contributed by atoms with Gasteiger partial charge in [0, 0.05) is 12.7 Å². The average Bonchev–Trinajstić information content (AvgIpc) is 2.72. The highest BCUT2D eigenvalue weighted by molar-refractivity contribution is 5.01. The third-order valence-electron chi connectivity index (χ3n) is 1.61. The van der Waals surface area contributed by atoms with Gasteiger partial charge in [0.25, 0.3) is 0 Å². The van der Waals surface area contributed by atoms with E-state index >= 15 is 0 Å². The van der Waals surface area contributed by atoms with Crippen molar-refractivity contribution in [3.05, 3.63) is 18.2 Å². The second-order valence-corrected chi connectivity index (χ2v) is 2.78. The van der Waals surface area contributed by atoms with Gasteiger partial charge in [-0.15, -0.1) is 0 Å². The minimum Gasteiger partial charge on any atom is -0.337 e. The van der Waals surface area contributed by atoms with Crippen LogP contribution in [-0.2, 0) is 6.54 Å². The Morgan fingerprint density at radius 2 is 1.71 bits per heavy atom. The van der Waals surface area contributed by atoms with Gasteiger partial charge in [0.05, 0.1) is 12.0 Å². The minimum absolute atomic E-state index is 0.549. The maximum absolute atomic E-state index is 4.25. The molecule has 14 heavy (non-hydrogen) atoms. The van der Waals surface area contributed by atoms with E-state index in [1.54, 1.807) is 0 Å². The van der Waals surface area contributed by atoms with Gasteiger partial charge in [-0.2, -0.15) is 0 Å². The quantitative estimate of drug-likeness (QED) is 0.700. The van der Waals surface area contributed by atoms with E-state index in [4.69, 9.17) is 0 Å². The molecule has 1 aromatic heterocycles. The van der Waals surface area contributed by atoms with E-state index in [0.29, 0.717) is 5.92 Å². The van der Waals surface area contributed by atoms with Crippen LogP contribution in [0.15, 0.2) is 12.5 Å². The molecule has 0 bridgehead atoms. The molecule has 1 aromatic rings. The van der Waals surface area contributed by atoms with E-state index in [9.17, 15) is 0 Å². The van der Waals surface area contributed by atoms with Gasteiger partial charge in [0.15, 0.2) is 0 Å². The van der Waals surface area contributed by atoms with Crippen molar-refractivity contribution in [1.29, 1.82) is 0 Å². The van der Waals surface area contributed by atoms with Gasteiger partial charge in [-0.1, -0.05) is 41.5 Å². The van der Waals surface area contributed by atoms with Crippen molar-refractivity contribution < 1.29 is 0 Å². The molecule has 0 aliphatic heterocycles. The Bertz CT molecular complexity index is 202. The van der Waals surface area contributed by atoms with Gasteiger partial charge in [-0.3, -0.25) is 0 Å². The normalized spacial score (nSPS) is 8.57. The molecule has 0 spiro atoms. The molecule has 84 valence electrons. The molecule has 0 amide bonds. The zero-order valence-electron chi connectivity index (χ0n) is 10.8. The SMILES string of the molecule is CC.CC.CCn1cnc(C(C)C)c1. The number of nitrogens with zero attached hydrogens (tertiary/aromatic N) is 2. The van der Waals surface area contributed by atoms with Crippen LogP contribution in [0.5, 0.6) is 0 Å². The van der Waals surface area contributed by atoms with Crippen LogP contribution in [0.1, 0.15) is 60.1 Å². The second-order valence-electron chi connectivity index (χ2n) is 2.78. The molecule has 2 heteroatoms. The van der Waals surface area contributed by atoms with Crippen molar-refractivity contribution in [1.82, 2.24) is 9.55 Å². The number of imidazole rings is 1. The first kappa shape index (κ1) is 15.7. The summed E-state index contributed by atoms with van der Waals surface area (Å²) in [6, 6.07) is 0. The van der Waals surface area contributed by atoms with Crippen LogP contribution in [0.3, 0.4) is 0 Å². The highest BCUT2D eigenvalue weighted by atomic mass is 15.0. The molecule has 0 fully saturated rings. The van der Waals surface area contributed by atoms with Crippen LogP contribution in [0.2, 0.25) is 0 Å². The maximum atomic E-state index is 4.25. The summed E-state index contributed by atoms with van der Waals surface area (Å²) in [6.07, 6.45) is 3.99. The van der Waals surface area contributed by atoms with Crippen molar-refractivity contribution in [3.63, 3.8) is 0 Å². The summed E-state index contributed by atoms with van der Waals surface area (Å²) in [5.41, 5.74) is 1.18. The topological polar surface area (TPSA) is 17.8 Å². The van der Waals surface area contributed by atoms with E-state index in [1.807, 2.05) is 34.0 Å². The second kappa shape index (κ2) is 10.3. The predicted molar refractivity (Wildman–Crippen MR) is 64.7 cm³/mol. The predicted octanol–water partition coefficient (Wildman–Crippen LogP) is 4.08. The van der Waals surface area contributed by atoms with Gasteiger partial charge in [-0.25, -0.2) is 4.98 Å². The van der Waals surface area contributed by atoms with E-state index in [1.165, 1.54) is 5.69 Å². The molecular formula is C12H26N2. The first-order valence-corrected chi connectivity index (χ1v) is 5.75. The summed E-state index contributed by atoms with van der Waals surface area (Å²) < 4.78 is 2.09. The Kier molecular flexibility index (Phi) is 11.5. The molecule has 0 saturated heterocycles. The number of rotatable bonds is 2. The summed E-state index contributed by atoms with van der Waals surface area (Å²) in [6.45, 7) is 15.4. The van der Waals surface area contributed by atoms with Crippen molar-refractivity contribution >= 4 is 0 Å². The number of hydrogen-bond donors (Lipinski definition) is 0. The first-order chi connectivity index (χ1) is 6.74. The van der Waals surface area contributed by atoms with Crippen LogP contribution in [0, 0.1) is 0 Å². The molecule has 0 aliphatic carbocycles. The van der Waals surface area contributed by atoms with Gasteiger partial charge >= 0.3 is 0 Å². The third kappa shape index (κ3) is 5.79. The molecule has 0 aliphatic rings. The van der Waals surface area contributed by atoms with Crippen LogP contribution in [-0.4, -0.2) is 9.55 Å². The van der Waals surface area contributed by atoms with Crippen LogP contribution < -0.4 is 0 Å². The van der Waals surface area contributed by atoms with E-state index in [0.717, 1.165) is 6.54 Å². The highest BCUT2D eigenvalue weighted by Crippen LogP contribution is 2.09. The smallest absolute Gasteiger partial charge is 0.0949 e.